The van der Waals surface area contributed by atoms with Crippen LogP contribution in [0.15, 0.2) is 48.8 Å². The SMILES string of the molecule is NC(=O)c1ccccc1-c1n[nH]c(-c2cccnc2)n1. The molecule has 98 valence electrons. The number of nitrogens with zero attached hydrogens (tertiary/aromatic N) is 3. The van der Waals surface area contributed by atoms with E-state index < -0.39 is 5.91 Å². The van der Waals surface area contributed by atoms with Crippen molar-refractivity contribution in [1.82, 2.24) is 20.2 Å². The lowest BCUT2D eigenvalue weighted by Crippen LogP contribution is -2.12. The van der Waals surface area contributed by atoms with E-state index in [1.807, 2.05) is 18.2 Å². The Hall–Kier alpha value is -3.02. The van der Waals surface area contributed by atoms with Gasteiger partial charge < -0.3 is 5.73 Å². The number of aromatic nitrogens is 4. The highest BCUT2D eigenvalue weighted by Crippen LogP contribution is 2.22. The zero-order valence-electron chi connectivity index (χ0n) is 10.4. The molecule has 0 spiro atoms. The fourth-order valence-electron chi connectivity index (χ4n) is 1.91. The summed E-state index contributed by atoms with van der Waals surface area (Å²) in [7, 11) is 0. The summed E-state index contributed by atoms with van der Waals surface area (Å²) < 4.78 is 0. The first-order valence-electron chi connectivity index (χ1n) is 5.97. The van der Waals surface area contributed by atoms with Crippen LogP contribution in [0.2, 0.25) is 0 Å². The Morgan fingerprint density at radius 1 is 1.15 bits per heavy atom. The second kappa shape index (κ2) is 4.93. The van der Waals surface area contributed by atoms with Crippen LogP contribution in [0.1, 0.15) is 10.4 Å². The molecule has 3 N–H and O–H groups in total. The smallest absolute Gasteiger partial charge is 0.249 e. The number of aromatic amines is 1. The van der Waals surface area contributed by atoms with Gasteiger partial charge >= 0.3 is 0 Å². The molecule has 6 heteroatoms. The van der Waals surface area contributed by atoms with Gasteiger partial charge in [-0.25, -0.2) is 4.98 Å². The Morgan fingerprint density at radius 3 is 2.75 bits per heavy atom. The van der Waals surface area contributed by atoms with Crippen LogP contribution in [0.5, 0.6) is 0 Å². The van der Waals surface area contributed by atoms with Crippen molar-refractivity contribution in [3.63, 3.8) is 0 Å². The van der Waals surface area contributed by atoms with Crippen molar-refractivity contribution in [1.29, 1.82) is 0 Å². The summed E-state index contributed by atoms with van der Waals surface area (Å²) in [6.07, 6.45) is 3.37. The molecule has 0 atom stereocenters. The van der Waals surface area contributed by atoms with Crippen molar-refractivity contribution in [3.05, 3.63) is 54.4 Å². The molecular formula is C14H11N5O. The molecule has 0 fully saturated rings. The molecule has 3 aromatic rings. The number of nitrogens with two attached hydrogens (primary N) is 1. The molecule has 1 aromatic carbocycles. The molecule has 0 unspecified atom stereocenters. The third-order valence-corrected chi connectivity index (χ3v) is 2.85. The fourth-order valence-corrected chi connectivity index (χ4v) is 1.91. The normalized spacial score (nSPS) is 10.4. The van der Waals surface area contributed by atoms with Crippen LogP contribution in [0.25, 0.3) is 22.8 Å². The molecule has 0 aliphatic heterocycles. The van der Waals surface area contributed by atoms with E-state index in [0.717, 1.165) is 5.56 Å². The maximum Gasteiger partial charge on any atom is 0.249 e. The van der Waals surface area contributed by atoms with E-state index in [0.29, 0.717) is 22.8 Å². The molecule has 6 nitrogen and oxygen atoms in total. The quantitative estimate of drug-likeness (QED) is 0.752. The largest absolute Gasteiger partial charge is 0.366 e. The number of benzene rings is 1. The topological polar surface area (TPSA) is 97.6 Å². The number of hydrogen-bond donors (Lipinski definition) is 2. The number of rotatable bonds is 3. The van der Waals surface area contributed by atoms with E-state index in [4.69, 9.17) is 5.73 Å². The first-order valence-corrected chi connectivity index (χ1v) is 5.97. The molecule has 0 saturated heterocycles. The van der Waals surface area contributed by atoms with Gasteiger partial charge in [0.2, 0.25) is 5.91 Å². The molecule has 0 radical (unpaired) electrons. The van der Waals surface area contributed by atoms with Crippen molar-refractivity contribution in [2.24, 2.45) is 5.73 Å². The summed E-state index contributed by atoms with van der Waals surface area (Å²) in [5, 5.41) is 6.97. The standard InChI is InChI=1S/C14H11N5O/c15-12(20)10-5-1-2-6-11(10)14-17-13(18-19-14)9-4-3-7-16-8-9/h1-8H,(H2,15,20)(H,17,18,19). The third kappa shape index (κ3) is 2.14. The van der Waals surface area contributed by atoms with Crippen molar-refractivity contribution < 1.29 is 4.79 Å². The number of hydrogen-bond acceptors (Lipinski definition) is 4. The second-order valence-corrected chi connectivity index (χ2v) is 4.16. The van der Waals surface area contributed by atoms with Gasteiger partial charge in [0.1, 0.15) is 0 Å². The van der Waals surface area contributed by atoms with Gasteiger partial charge in [-0.05, 0) is 18.2 Å². The minimum Gasteiger partial charge on any atom is -0.366 e. The highest BCUT2D eigenvalue weighted by atomic mass is 16.1. The first-order chi connectivity index (χ1) is 9.75. The van der Waals surface area contributed by atoms with Crippen molar-refractivity contribution in [2.75, 3.05) is 0 Å². The van der Waals surface area contributed by atoms with Crippen molar-refractivity contribution in [2.45, 2.75) is 0 Å². The van der Waals surface area contributed by atoms with E-state index >= 15 is 0 Å². The van der Waals surface area contributed by atoms with Gasteiger partial charge in [0.25, 0.3) is 0 Å². The van der Waals surface area contributed by atoms with Gasteiger partial charge in [0, 0.05) is 23.5 Å². The molecule has 0 aliphatic rings. The van der Waals surface area contributed by atoms with Crippen molar-refractivity contribution in [3.8, 4) is 22.8 Å². The van der Waals surface area contributed by atoms with Crippen LogP contribution >= 0.6 is 0 Å². The van der Waals surface area contributed by atoms with Gasteiger partial charge in [-0.3, -0.25) is 14.9 Å². The molecular weight excluding hydrogens is 254 g/mol. The Labute approximate surface area is 114 Å². The second-order valence-electron chi connectivity index (χ2n) is 4.16. The minimum absolute atomic E-state index is 0.393. The summed E-state index contributed by atoms with van der Waals surface area (Å²) in [5.74, 6) is 0.513. The van der Waals surface area contributed by atoms with Gasteiger partial charge in [-0.2, -0.15) is 5.10 Å². The lowest BCUT2D eigenvalue weighted by molar-refractivity contribution is 0.100. The molecule has 3 rings (SSSR count). The zero-order valence-corrected chi connectivity index (χ0v) is 10.4. The average molecular weight is 265 g/mol. The van der Waals surface area contributed by atoms with E-state index in [1.54, 1.807) is 30.6 Å². The maximum atomic E-state index is 11.4. The highest BCUT2D eigenvalue weighted by molar-refractivity contribution is 5.99. The van der Waals surface area contributed by atoms with Crippen LogP contribution in [0.4, 0.5) is 0 Å². The first kappa shape index (κ1) is 12.0. The van der Waals surface area contributed by atoms with Crippen LogP contribution in [0, 0.1) is 0 Å². The van der Waals surface area contributed by atoms with Crippen LogP contribution < -0.4 is 5.73 Å². The summed E-state index contributed by atoms with van der Waals surface area (Å²) >= 11 is 0. The Morgan fingerprint density at radius 2 is 2.00 bits per heavy atom. The highest BCUT2D eigenvalue weighted by Gasteiger charge is 2.14. The minimum atomic E-state index is -0.506. The van der Waals surface area contributed by atoms with E-state index in [-0.39, 0.29) is 0 Å². The average Bonchev–Trinajstić information content (AvgIpc) is 2.98. The van der Waals surface area contributed by atoms with E-state index in [9.17, 15) is 4.79 Å². The fraction of sp³-hybridized carbons (Fsp3) is 0. The van der Waals surface area contributed by atoms with Crippen molar-refractivity contribution >= 4 is 5.91 Å². The Bertz CT molecular complexity index is 751. The van der Waals surface area contributed by atoms with Crippen LogP contribution in [-0.4, -0.2) is 26.1 Å². The summed E-state index contributed by atoms with van der Waals surface area (Å²) in [6.45, 7) is 0. The zero-order chi connectivity index (χ0) is 13.9. The van der Waals surface area contributed by atoms with Gasteiger partial charge in [-0.15, -0.1) is 0 Å². The number of amides is 1. The third-order valence-electron chi connectivity index (χ3n) is 2.85. The Kier molecular flexibility index (Phi) is 2.96. The number of primary amides is 1. The molecule has 20 heavy (non-hydrogen) atoms. The summed E-state index contributed by atoms with van der Waals surface area (Å²) in [4.78, 5) is 19.8. The van der Waals surface area contributed by atoms with E-state index in [1.165, 1.54) is 0 Å². The van der Waals surface area contributed by atoms with Gasteiger partial charge in [-0.1, -0.05) is 18.2 Å². The molecule has 0 saturated carbocycles. The van der Waals surface area contributed by atoms with Crippen LogP contribution in [-0.2, 0) is 0 Å². The number of pyridine rings is 1. The summed E-state index contributed by atoms with van der Waals surface area (Å²) in [6, 6.07) is 10.7. The predicted octanol–water partition coefficient (Wildman–Crippen LogP) is 1.63. The maximum absolute atomic E-state index is 11.4. The molecule has 2 aromatic heterocycles. The lowest BCUT2D eigenvalue weighted by atomic mass is 10.1. The number of carbonyl (C=O) groups excluding carboxylic acids is 1. The lowest BCUT2D eigenvalue weighted by Gasteiger charge is -2.01. The molecule has 2 heterocycles. The van der Waals surface area contributed by atoms with E-state index in [2.05, 4.69) is 20.2 Å². The van der Waals surface area contributed by atoms with Crippen LogP contribution in [0.3, 0.4) is 0 Å². The number of carbonyl (C=O) groups is 1. The Balaban J connectivity index is 2.05. The van der Waals surface area contributed by atoms with Gasteiger partial charge in [0.05, 0.1) is 5.56 Å². The monoisotopic (exact) mass is 265 g/mol. The molecule has 0 aliphatic carbocycles. The number of H-pyrrole nitrogens is 1. The number of nitrogens with one attached hydrogen (secondary N) is 1. The molecule has 1 amide bonds. The summed E-state index contributed by atoms with van der Waals surface area (Å²) in [5.41, 5.74) is 7.17. The predicted molar refractivity (Wildman–Crippen MR) is 73.6 cm³/mol. The van der Waals surface area contributed by atoms with Gasteiger partial charge in [0.15, 0.2) is 11.6 Å². The molecule has 0 bridgehead atoms.